The number of anilines is 1. The molecule has 0 aliphatic carbocycles. The molecule has 0 radical (unpaired) electrons. The summed E-state index contributed by atoms with van der Waals surface area (Å²) in [5.74, 6) is -0.112. The molecule has 0 spiro atoms. The predicted molar refractivity (Wildman–Crippen MR) is 142 cm³/mol. The molecule has 0 fully saturated rings. The first kappa shape index (κ1) is 27.0. The third kappa shape index (κ3) is 5.63. The molecule has 0 bridgehead atoms. The van der Waals surface area contributed by atoms with Crippen LogP contribution in [0.15, 0.2) is 42.5 Å². The molecule has 0 aromatic heterocycles. The number of nitrogens with zero attached hydrogens (tertiary/aromatic N) is 3. The van der Waals surface area contributed by atoms with Crippen molar-refractivity contribution < 1.29 is 14.7 Å². The van der Waals surface area contributed by atoms with Gasteiger partial charge in [-0.3, -0.25) is 9.59 Å². The van der Waals surface area contributed by atoms with Gasteiger partial charge in [-0.2, -0.15) is 0 Å². The molecular weight excluding hydrogens is 464 g/mol. The van der Waals surface area contributed by atoms with Crippen LogP contribution in [0.1, 0.15) is 52.6 Å². The van der Waals surface area contributed by atoms with E-state index in [4.69, 9.17) is 0 Å². The number of aliphatic hydroxyl groups is 1. The Balaban J connectivity index is 0.00000342. The standard InChI is InChI=1S/C27H36N4O3.ClH/c1-4-29(5-2)26(33)20-11-12-22-24(16-20)30(6-3)13-14-31(27(22)34)18-25(32)23-15-19-9-7-8-10-21(19)17-28-23;/h7-12,16,23,25,28,32H,4-6,13-15,17-18H2,1-3H3;1H/t23-,25+;/m0./s1. The van der Waals surface area contributed by atoms with Gasteiger partial charge in [-0.05, 0) is 56.5 Å². The van der Waals surface area contributed by atoms with Gasteiger partial charge in [0.25, 0.3) is 11.8 Å². The zero-order chi connectivity index (χ0) is 24.2. The van der Waals surface area contributed by atoms with Crippen LogP contribution in [0, 0.1) is 0 Å². The number of carbonyl (C=O) groups is 2. The van der Waals surface area contributed by atoms with Gasteiger partial charge in [0.05, 0.1) is 17.4 Å². The number of nitrogens with one attached hydrogen (secondary N) is 1. The number of halogens is 1. The molecule has 2 aromatic carbocycles. The summed E-state index contributed by atoms with van der Waals surface area (Å²) >= 11 is 0. The molecule has 2 amide bonds. The third-order valence-corrected chi connectivity index (χ3v) is 7.16. The summed E-state index contributed by atoms with van der Waals surface area (Å²) in [6.45, 7) is 10.2. The van der Waals surface area contributed by atoms with Gasteiger partial charge in [0, 0.05) is 57.4 Å². The number of amides is 2. The molecule has 0 saturated carbocycles. The van der Waals surface area contributed by atoms with Gasteiger partial charge in [-0.1, -0.05) is 24.3 Å². The molecule has 4 rings (SSSR count). The van der Waals surface area contributed by atoms with E-state index in [0.717, 1.165) is 25.2 Å². The maximum atomic E-state index is 13.5. The van der Waals surface area contributed by atoms with Crippen molar-refractivity contribution in [3.05, 3.63) is 64.7 Å². The molecule has 2 aromatic rings. The number of fused-ring (bicyclic) bond motifs is 2. The zero-order valence-electron chi connectivity index (χ0n) is 20.9. The van der Waals surface area contributed by atoms with Crippen LogP contribution in [0.2, 0.25) is 0 Å². The lowest BCUT2D eigenvalue weighted by atomic mass is 9.92. The zero-order valence-corrected chi connectivity index (χ0v) is 21.7. The Bertz CT molecular complexity index is 1040. The van der Waals surface area contributed by atoms with Gasteiger partial charge in [0.2, 0.25) is 0 Å². The largest absolute Gasteiger partial charge is 0.390 e. The van der Waals surface area contributed by atoms with E-state index in [-0.39, 0.29) is 36.8 Å². The Hall–Kier alpha value is -2.61. The van der Waals surface area contributed by atoms with E-state index in [1.54, 1.807) is 21.9 Å². The van der Waals surface area contributed by atoms with Crippen LogP contribution in [0.25, 0.3) is 0 Å². The minimum absolute atomic E-state index is 0. The monoisotopic (exact) mass is 500 g/mol. The van der Waals surface area contributed by atoms with E-state index >= 15 is 0 Å². The Morgan fingerprint density at radius 3 is 2.46 bits per heavy atom. The Morgan fingerprint density at radius 2 is 1.77 bits per heavy atom. The SMILES string of the molecule is CCN(CC)C(=O)c1ccc2c(c1)N(CC)CCN(C[C@@H](O)[C@@H]1Cc3ccccc3CN1)C2=O.Cl. The number of hydrogen-bond donors (Lipinski definition) is 2. The van der Waals surface area contributed by atoms with Gasteiger partial charge in [-0.15, -0.1) is 12.4 Å². The van der Waals surface area contributed by atoms with Crippen molar-refractivity contribution >= 4 is 29.9 Å². The number of benzene rings is 2. The van der Waals surface area contributed by atoms with E-state index in [2.05, 4.69) is 29.3 Å². The molecule has 190 valence electrons. The average molecular weight is 501 g/mol. The highest BCUT2D eigenvalue weighted by Gasteiger charge is 2.31. The molecule has 2 N–H and O–H groups in total. The van der Waals surface area contributed by atoms with Crippen LogP contribution in [-0.2, 0) is 13.0 Å². The second kappa shape index (κ2) is 11.9. The highest BCUT2D eigenvalue weighted by molar-refractivity contribution is 6.03. The highest BCUT2D eigenvalue weighted by atomic mass is 35.5. The van der Waals surface area contributed by atoms with Crippen molar-refractivity contribution in [2.24, 2.45) is 0 Å². The molecule has 2 aliphatic rings. The van der Waals surface area contributed by atoms with Gasteiger partial charge < -0.3 is 25.1 Å². The average Bonchev–Trinajstić information content (AvgIpc) is 3.00. The van der Waals surface area contributed by atoms with Gasteiger partial charge in [0.15, 0.2) is 0 Å². The lowest BCUT2D eigenvalue weighted by molar-refractivity contribution is 0.0540. The number of aliphatic hydroxyl groups excluding tert-OH is 1. The van der Waals surface area contributed by atoms with E-state index in [9.17, 15) is 14.7 Å². The van der Waals surface area contributed by atoms with Crippen LogP contribution in [0.4, 0.5) is 5.69 Å². The minimum atomic E-state index is -0.669. The van der Waals surface area contributed by atoms with Crippen LogP contribution in [0.5, 0.6) is 0 Å². The van der Waals surface area contributed by atoms with Gasteiger partial charge >= 0.3 is 0 Å². The van der Waals surface area contributed by atoms with Crippen LogP contribution >= 0.6 is 12.4 Å². The number of hydrogen-bond acceptors (Lipinski definition) is 5. The normalized spacial score (nSPS) is 18.2. The summed E-state index contributed by atoms with van der Waals surface area (Å²) in [5.41, 5.74) is 4.50. The molecule has 0 unspecified atom stereocenters. The summed E-state index contributed by atoms with van der Waals surface area (Å²) < 4.78 is 0. The lowest BCUT2D eigenvalue weighted by Gasteiger charge is -2.33. The quantitative estimate of drug-likeness (QED) is 0.611. The van der Waals surface area contributed by atoms with Gasteiger partial charge in [0.1, 0.15) is 0 Å². The second-order valence-electron chi connectivity index (χ2n) is 9.07. The molecule has 8 heteroatoms. The molecule has 35 heavy (non-hydrogen) atoms. The summed E-state index contributed by atoms with van der Waals surface area (Å²) in [6.07, 6.45) is 0.0749. The van der Waals surface area contributed by atoms with Crippen molar-refractivity contribution in [3.63, 3.8) is 0 Å². The summed E-state index contributed by atoms with van der Waals surface area (Å²) in [5, 5.41) is 14.5. The fraction of sp³-hybridized carbons (Fsp3) is 0.481. The fourth-order valence-corrected chi connectivity index (χ4v) is 5.04. The summed E-state index contributed by atoms with van der Waals surface area (Å²) in [6, 6.07) is 13.6. The first-order chi connectivity index (χ1) is 16.5. The fourth-order valence-electron chi connectivity index (χ4n) is 5.04. The first-order valence-electron chi connectivity index (χ1n) is 12.4. The maximum absolute atomic E-state index is 13.5. The van der Waals surface area contributed by atoms with Crippen molar-refractivity contribution in [2.75, 3.05) is 44.2 Å². The molecular formula is C27H37ClN4O3. The van der Waals surface area contributed by atoms with Crippen LogP contribution < -0.4 is 10.2 Å². The Labute approximate surface area is 214 Å². The maximum Gasteiger partial charge on any atom is 0.256 e. The number of carbonyl (C=O) groups excluding carboxylic acids is 2. The third-order valence-electron chi connectivity index (χ3n) is 7.16. The minimum Gasteiger partial charge on any atom is -0.390 e. The number of likely N-dealkylation sites (N-methyl/N-ethyl adjacent to an activating group) is 1. The summed E-state index contributed by atoms with van der Waals surface area (Å²) in [7, 11) is 0. The number of β-amino-alcohol motifs (C(OH)–C–C–N with tert-alkyl or cyclic N) is 1. The van der Waals surface area contributed by atoms with E-state index in [1.165, 1.54) is 11.1 Å². The Kier molecular flexibility index (Phi) is 9.16. The second-order valence-corrected chi connectivity index (χ2v) is 9.07. The van der Waals surface area contributed by atoms with Gasteiger partial charge in [-0.25, -0.2) is 0 Å². The summed E-state index contributed by atoms with van der Waals surface area (Å²) in [4.78, 5) is 32.1. The smallest absolute Gasteiger partial charge is 0.256 e. The van der Waals surface area contributed by atoms with Crippen molar-refractivity contribution in [2.45, 2.75) is 45.9 Å². The molecule has 0 saturated heterocycles. The lowest BCUT2D eigenvalue weighted by Crippen LogP contribution is -2.50. The van der Waals surface area contributed by atoms with E-state index < -0.39 is 6.10 Å². The van der Waals surface area contributed by atoms with E-state index in [0.29, 0.717) is 37.3 Å². The topological polar surface area (TPSA) is 76.1 Å². The van der Waals surface area contributed by atoms with Crippen molar-refractivity contribution in [3.8, 4) is 0 Å². The molecule has 7 nitrogen and oxygen atoms in total. The molecule has 2 atom stereocenters. The van der Waals surface area contributed by atoms with Crippen LogP contribution in [0.3, 0.4) is 0 Å². The Morgan fingerprint density at radius 1 is 1.09 bits per heavy atom. The van der Waals surface area contributed by atoms with Crippen LogP contribution in [-0.4, -0.2) is 78.1 Å². The molecule has 2 heterocycles. The predicted octanol–water partition coefficient (Wildman–Crippen LogP) is 2.95. The van der Waals surface area contributed by atoms with E-state index in [1.807, 2.05) is 32.0 Å². The highest BCUT2D eigenvalue weighted by Crippen LogP contribution is 2.28. The van der Waals surface area contributed by atoms with Crippen molar-refractivity contribution in [1.29, 1.82) is 0 Å². The van der Waals surface area contributed by atoms with Crippen molar-refractivity contribution in [1.82, 2.24) is 15.1 Å². The number of rotatable bonds is 7. The first-order valence-corrected chi connectivity index (χ1v) is 12.4. The molecule has 2 aliphatic heterocycles.